The van der Waals surface area contributed by atoms with Gasteiger partial charge in [-0.05, 0) is 36.1 Å². The van der Waals surface area contributed by atoms with Gasteiger partial charge in [0.25, 0.3) is 0 Å². The van der Waals surface area contributed by atoms with Gasteiger partial charge in [0.05, 0.1) is 12.5 Å². The van der Waals surface area contributed by atoms with Crippen molar-refractivity contribution < 1.29 is 13.9 Å². The highest BCUT2D eigenvalue weighted by molar-refractivity contribution is 5.91. The normalized spacial score (nSPS) is 15.1. The van der Waals surface area contributed by atoms with Crippen molar-refractivity contribution in [1.82, 2.24) is 4.90 Å². The van der Waals surface area contributed by atoms with Gasteiger partial charge in [0.2, 0.25) is 5.91 Å². The molecule has 0 atom stereocenters. The number of hydrogen-bond donors (Lipinski definition) is 0. The molecule has 3 nitrogen and oxygen atoms in total. The van der Waals surface area contributed by atoms with Crippen LogP contribution in [0.25, 0.3) is 0 Å². The number of likely N-dealkylation sites (N-methyl/N-ethyl adjacent to an activating group) is 1. The number of carbonyl (C=O) groups excluding carboxylic acids is 1. The molecule has 3 rings (SSSR count). The summed E-state index contributed by atoms with van der Waals surface area (Å²) in [4.78, 5) is 14.5. The second kappa shape index (κ2) is 6.03. The zero-order valence-electron chi connectivity index (χ0n) is 13.4. The van der Waals surface area contributed by atoms with Crippen LogP contribution in [-0.4, -0.2) is 25.0 Å². The number of ether oxygens (including phenoxy) is 1. The molecular weight excluding hydrogens is 293 g/mol. The fraction of sp³-hybridized carbons (Fsp3) is 0.316. The summed E-state index contributed by atoms with van der Waals surface area (Å²) in [5, 5.41) is 0. The zero-order chi connectivity index (χ0) is 16.4. The molecule has 2 aromatic rings. The van der Waals surface area contributed by atoms with E-state index in [-0.39, 0.29) is 17.1 Å². The Labute approximate surface area is 135 Å². The van der Waals surface area contributed by atoms with Crippen molar-refractivity contribution in [3.63, 3.8) is 0 Å². The summed E-state index contributed by atoms with van der Waals surface area (Å²) in [7, 11) is 3.21. The molecule has 1 aliphatic rings. The molecule has 0 bridgehead atoms. The van der Waals surface area contributed by atoms with Gasteiger partial charge in [-0.3, -0.25) is 4.79 Å². The average Bonchev–Trinajstić information content (AvgIpc) is 3.37. The molecule has 0 aliphatic heterocycles. The number of carbonyl (C=O) groups is 1. The number of methoxy groups -OCH3 is 1. The Hall–Kier alpha value is -2.36. The molecule has 2 aromatic carbocycles. The van der Waals surface area contributed by atoms with Crippen LogP contribution in [0.3, 0.4) is 0 Å². The van der Waals surface area contributed by atoms with Crippen LogP contribution in [0.1, 0.15) is 24.0 Å². The lowest BCUT2D eigenvalue weighted by atomic mass is 9.94. The van der Waals surface area contributed by atoms with Gasteiger partial charge in [-0.15, -0.1) is 0 Å². The van der Waals surface area contributed by atoms with E-state index >= 15 is 0 Å². The smallest absolute Gasteiger partial charge is 0.233 e. The van der Waals surface area contributed by atoms with Crippen LogP contribution in [0, 0.1) is 5.82 Å². The molecule has 4 heteroatoms. The monoisotopic (exact) mass is 313 g/mol. The van der Waals surface area contributed by atoms with Crippen molar-refractivity contribution in [1.29, 1.82) is 0 Å². The highest BCUT2D eigenvalue weighted by Crippen LogP contribution is 2.49. The van der Waals surface area contributed by atoms with Crippen molar-refractivity contribution in [3.05, 3.63) is 65.5 Å². The number of benzene rings is 2. The Morgan fingerprint density at radius 3 is 2.48 bits per heavy atom. The highest BCUT2D eigenvalue weighted by atomic mass is 19.1. The van der Waals surface area contributed by atoms with E-state index in [1.165, 1.54) is 13.2 Å². The van der Waals surface area contributed by atoms with Gasteiger partial charge in [0.1, 0.15) is 0 Å². The Morgan fingerprint density at radius 1 is 1.22 bits per heavy atom. The van der Waals surface area contributed by atoms with E-state index in [1.54, 1.807) is 24.1 Å². The van der Waals surface area contributed by atoms with E-state index < -0.39 is 5.82 Å². The molecule has 23 heavy (non-hydrogen) atoms. The zero-order valence-corrected chi connectivity index (χ0v) is 13.4. The second-order valence-corrected chi connectivity index (χ2v) is 6.08. The van der Waals surface area contributed by atoms with Crippen molar-refractivity contribution in [3.8, 4) is 5.75 Å². The summed E-state index contributed by atoms with van der Waals surface area (Å²) in [5.41, 5.74) is 1.43. The number of nitrogens with zero attached hydrogens (tertiary/aromatic N) is 1. The van der Waals surface area contributed by atoms with Gasteiger partial charge >= 0.3 is 0 Å². The molecule has 1 amide bonds. The molecule has 0 aromatic heterocycles. The topological polar surface area (TPSA) is 29.5 Å². The fourth-order valence-electron chi connectivity index (χ4n) is 3.03. The van der Waals surface area contributed by atoms with Crippen LogP contribution in [0.2, 0.25) is 0 Å². The van der Waals surface area contributed by atoms with Gasteiger partial charge < -0.3 is 9.64 Å². The molecular formula is C19H20FNO2. The maximum absolute atomic E-state index is 13.8. The predicted molar refractivity (Wildman–Crippen MR) is 86.8 cm³/mol. The molecule has 0 spiro atoms. The fourth-order valence-corrected chi connectivity index (χ4v) is 3.03. The third-order valence-electron chi connectivity index (χ3n) is 4.47. The van der Waals surface area contributed by atoms with E-state index in [0.29, 0.717) is 6.54 Å². The minimum absolute atomic E-state index is 0.0972. The van der Waals surface area contributed by atoms with Crippen LogP contribution in [-0.2, 0) is 16.8 Å². The molecule has 0 radical (unpaired) electrons. The van der Waals surface area contributed by atoms with Crippen LogP contribution >= 0.6 is 0 Å². The van der Waals surface area contributed by atoms with E-state index in [1.807, 2.05) is 30.3 Å². The van der Waals surface area contributed by atoms with Crippen molar-refractivity contribution >= 4 is 5.91 Å². The summed E-state index contributed by atoms with van der Waals surface area (Å²) in [5.74, 6) is -0.0966. The first-order valence-corrected chi connectivity index (χ1v) is 7.70. The van der Waals surface area contributed by atoms with Crippen LogP contribution in [0.5, 0.6) is 5.75 Å². The summed E-state index contributed by atoms with van der Waals surface area (Å²) in [6, 6.07) is 14.7. The molecule has 1 aliphatic carbocycles. The van der Waals surface area contributed by atoms with Gasteiger partial charge in [-0.2, -0.15) is 0 Å². The number of rotatable bonds is 5. The quantitative estimate of drug-likeness (QED) is 0.845. The van der Waals surface area contributed by atoms with Crippen molar-refractivity contribution in [2.75, 3.05) is 14.2 Å². The number of hydrogen-bond acceptors (Lipinski definition) is 2. The lowest BCUT2D eigenvalue weighted by Gasteiger charge is -2.24. The molecule has 0 saturated heterocycles. The van der Waals surface area contributed by atoms with Gasteiger partial charge in [0.15, 0.2) is 11.6 Å². The lowest BCUT2D eigenvalue weighted by molar-refractivity contribution is -0.133. The van der Waals surface area contributed by atoms with Crippen molar-refractivity contribution in [2.24, 2.45) is 0 Å². The maximum Gasteiger partial charge on any atom is 0.233 e. The highest BCUT2D eigenvalue weighted by Gasteiger charge is 2.52. The van der Waals surface area contributed by atoms with E-state index in [2.05, 4.69) is 0 Å². The lowest BCUT2D eigenvalue weighted by Crippen LogP contribution is -2.36. The van der Waals surface area contributed by atoms with Crippen LogP contribution < -0.4 is 4.74 Å². The summed E-state index contributed by atoms with van der Waals surface area (Å²) in [6.07, 6.45) is 1.74. The first-order chi connectivity index (χ1) is 11.1. The Morgan fingerprint density at radius 2 is 1.91 bits per heavy atom. The first-order valence-electron chi connectivity index (χ1n) is 7.70. The third kappa shape index (κ3) is 2.93. The van der Waals surface area contributed by atoms with Crippen LogP contribution in [0.15, 0.2) is 48.5 Å². The minimum Gasteiger partial charge on any atom is -0.494 e. The molecule has 0 heterocycles. The molecule has 0 N–H and O–H groups in total. The molecule has 1 fully saturated rings. The Kier molecular flexibility index (Phi) is 4.07. The van der Waals surface area contributed by atoms with E-state index in [9.17, 15) is 9.18 Å². The van der Waals surface area contributed by atoms with E-state index in [4.69, 9.17) is 4.74 Å². The number of halogens is 1. The van der Waals surface area contributed by atoms with Gasteiger partial charge in [0, 0.05) is 13.6 Å². The number of amides is 1. The third-order valence-corrected chi connectivity index (χ3v) is 4.47. The standard InChI is InChI=1S/C19H20FNO2/c1-21(13-14-8-9-17(23-2)16(20)12-14)18(22)19(10-11-19)15-6-4-3-5-7-15/h3-9,12H,10-11,13H2,1-2H3. The van der Waals surface area contributed by atoms with Gasteiger partial charge in [-0.1, -0.05) is 36.4 Å². The molecule has 1 saturated carbocycles. The molecule has 0 unspecified atom stereocenters. The maximum atomic E-state index is 13.8. The second-order valence-electron chi connectivity index (χ2n) is 6.08. The minimum atomic E-state index is -0.407. The van der Waals surface area contributed by atoms with Crippen LogP contribution in [0.4, 0.5) is 4.39 Å². The summed E-state index contributed by atoms with van der Waals surface area (Å²) >= 11 is 0. The van der Waals surface area contributed by atoms with Crippen molar-refractivity contribution in [2.45, 2.75) is 24.8 Å². The summed E-state index contributed by atoms with van der Waals surface area (Å²) in [6.45, 7) is 0.383. The Bertz CT molecular complexity index is 711. The predicted octanol–water partition coefficient (Wildman–Crippen LogP) is 3.52. The van der Waals surface area contributed by atoms with Gasteiger partial charge in [-0.25, -0.2) is 4.39 Å². The first kappa shape index (κ1) is 15.5. The SMILES string of the molecule is COc1ccc(CN(C)C(=O)C2(c3ccccc3)CC2)cc1F. The summed E-state index contributed by atoms with van der Waals surface area (Å²) < 4.78 is 18.7. The average molecular weight is 313 g/mol. The van der Waals surface area contributed by atoms with E-state index in [0.717, 1.165) is 24.0 Å². The molecule has 120 valence electrons. The Balaban J connectivity index is 1.75. The largest absolute Gasteiger partial charge is 0.494 e.